The quantitative estimate of drug-likeness (QED) is 0.756. The smallest absolute Gasteiger partial charge is 0.0974 e. The number of halogens is 1. The average molecular weight is 203 g/mol. The van der Waals surface area contributed by atoms with Crippen LogP contribution in [0.4, 0.5) is 4.39 Å². The van der Waals surface area contributed by atoms with E-state index in [1.807, 2.05) is 0 Å². The van der Waals surface area contributed by atoms with Crippen molar-refractivity contribution in [1.29, 1.82) is 0 Å². The van der Waals surface area contributed by atoms with Crippen LogP contribution in [0, 0.1) is 5.92 Å². The molecule has 1 heterocycles. The maximum absolute atomic E-state index is 12.6. The second-order valence-corrected chi connectivity index (χ2v) is 4.58. The molecule has 3 heteroatoms. The first-order valence-corrected chi connectivity index (χ1v) is 5.58. The van der Waals surface area contributed by atoms with Crippen LogP contribution in [0.15, 0.2) is 0 Å². The molecule has 0 radical (unpaired) electrons. The Morgan fingerprint density at radius 3 is 2.57 bits per heavy atom. The van der Waals surface area contributed by atoms with Gasteiger partial charge in [-0.25, -0.2) is 4.39 Å². The molecule has 0 saturated carbocycles. The fourth-order valence-electron chi connectivity index (χ4n) is 1.68. The van der Waals surface area contributed by atoms with E-state index in [2.05, 4.69) is 19.2 Å². The topological polar surface area (TPSA) is 21.3 Å². The predicted octanol–water partition coefficient (Wildman–Crippen LogP) is 2.14. The molecule has 1 fully saturated rings. The Morgan fingerprint density at radius 2 is 2.14 bits per heavy atom. The minimum atomic E-state index is -0.695. The number of morpholine rings is 1. The van der Waals surface area contributed by atoms with E-state index in [0.29, 0.717) is 24.5 Å². The zero-order chi connectivity index (χ0) is 10.6. The molecule has 0 bridgehead atoms. The lowest BCUT2D eigenvalue weighted by atomic mass is 10.0. The van der Waals surface area contributed by atoms with Crippen LogP contribution in [-0.2, 0) is 4.74 Å². The fraction of sp³-hybridized carbons (Fsp3) is 1.00. The number of alkyl halides is 1. The van der Waals surface area contributed by atoms with Crippen LogP contribution < -0.4 is 5.32 Å². The Bertz CT molecular complexity index is 153. The second kappa shape index (κ2) is 5.66. The lowest BCUT2D eigenvalue weighted by molar-refractivity contribution is -0.0233. The molecule has 0 spiro atoms. The predicted molar refractivity (Wildman–Crippen MR) is 56.2 cm³/mol. The third kappa shape index (κ3) is 3.93. The summed E-state index contributed by atoms with van der Waals surface area (Å²) in [6.45, 7) is 7.58. The third-order valence-electron chi connectivity index (χ3n) is 2.78. The van der Waals surface area contributed by atoms with Gasteiger partial charge >= 0.3 is 0 Å². The minimum absolute atomic E-state index is 0.328. The molecular weight excluding hydrogens is 181 g/mol. The van der Waals surface area contributed by atoms with Crippen molar-refractivity contribution in [2.24, 2.45) is 5.92 Å². The molecule has 0 aromatic rings. The molecule has 84 valence electrons. The van der Waals surface area contributed by atoms with Gasteiger partial charge in [0.05, 0.1) is 18.9 Å². The molecule has 1 aliphatic rings. The molecule has 14 heavy (non-hydrogen) atoms. The van der Waals surface area contributed by atoms with E-state index in [1.165, 1.54) is 0 Å². The van der Waals surface area contributed by atoms with Gasteiger partial charge in [-0.15, -0.1) is 0 Å². The lowest BCUT2D eigenvalue weighted by Crippen LogP contribution is -2.48. The van der Waals surface area contributed by atoms with Gasteiger partial charge in [0.2, 0.25) is 0 Å². The fourth-order valence-corrected chi connectivity index (χ4v) is 1.68. The summed E-state index contributed by atoms with van der Waals surface area (Å²) in [6.07, 6.45) is 1.14. The first-order chi connectivity index (χ1) is 6.59. The average Bonchev–Trinajstić information content (AvgIpc) is 2.15. The van der Waals surface area contributed by atoms with Crippen molar-refractivity contribution in [3.8, 4) is 0 Å². The Labute approximate surface area is 86.2 Å². The van der Waals surface area contributed by atoms with Crippen LogP contribution in [0.1, 0.15) is 33.6 Å². The summed E-state index contributed by atoms with van der Waals surface area (Å²) in [5.74, 6) is 0.559. The van der Waals surface area contributed by atoms with Gasteiger partial charge in [0.1, 0.15) is 0 Å². The summed E-state index contributed by atoms with van der Waals surface area (Å²) < 4.78 is 18.3. The first-order valence-electron chi connectivity index (χ1n) is 5.58. The molecule has 0 aliphatic carbocycles. The molecular formula is C11H22FNO. The Morgan fingerprint density at radius 1 is 1.43 bits per heavy atom. The van der Waals surface area contributed by atoms with Crippen LogP contribution >= 0.6 is 0 Å². The van der Waals surface area contributed by atoms with Crippen molar-refractivity contribution >= 4 is 0 Å². The maximum Gasteiger partial charge on any atom is 0.0974 e. The van der Waals surface area contributed by atoms with E-state index in [1.54, 1.807) is 6.92 Å². The number of hydrogen-bond donors (Lipinski definition) is 1. The van der Waals surface area contributed by atoms with E-state index < -0.39 is 6.17 Å². The summed E-state index contributed by atoms with van der Waals surface area (Å²) in [7, 11) is 0. The summed E-state index contributed by atoms with van der Waals surface area (Å²) in [5.41, 5.74) is 0. The van der Waals surface area contributed by atoms with Gasteiger partial charge in [-0.3, -0.25) is 0 Å². The second-order valence-electron chi connectivity index (χ2n) is 4.58. The van der Waals surface area contributed by atoms with E-state index in [0.717, 1.165) is 19.6 Å². The summed E-state index contributed by atoms with van der Waals surface area (Å²) >= 11 is 0. The van der Waals surface area contributed by atoms with Gasteiger partial charge in [0.25, 0.3) is 0 Å². The van der Waals surface area contributed by atoms with Gasteiger partial charge in [-0.1, -0.05) is 13.8 Å². The third-order valence-corrected chi connectivity index (χ3v) is 2.78. The molecule has 2 nitrogen and oxygen atoms in total. The number of nitrogens with one attached hydrogen (secondary N) is 1. The maximum atomic E-state index is 12.6. The highest BCUT2D eigenvalue weighted by atomic mass is 19.1. The van der Waals surface area contributed by atoms with E-state index in [9.17, 15) is 4.39 Å². The van der Waals surface area contributed by atoms with Crippen molar-refractivity contribution in [2.45, 2.75) is 51.9 Å². The van der Waals surface area contributed by atoms with E-state index in [4.69, 9.17) is 4.74 Å². The monoisotopic (exact) mass is 203 g/mol. The van der Waals surface area contributed by atoms with Crippen molar-refractivity contribution in [3.63, 3.8) is 0 Å². The van der Waals surface area contributed by atoms with Gasteiger partial charge in [-0.05, 0) is 25.7 Å². The van der Waals surface area contributed by atoms with E-state index >= 15 is 0 Å². The van der Waals surface area contributed by atoms with Crippen LogP contribution in [0.5, 0.6) is 0 Å². The van der Waals surface area contributed by atoms with Crippen molar-refractivity contribution < 1.29 is 9.13 Å². The molecule has 3 atom stereocenters. The van der Waals surface area contributed by atoms with Crippen LogP contribution in [0.25, 0.3) is 0 Å². The molecule has 0 amide bonds. The van der Waals surface area contributed by atoms with Gasteiger partial charge < -0.3 is 10.1 Å². The highest BCUT2D eigenvalue weighted by Gasteiger charge is 2.23. The Hall–Kier alpha value is -0.150. The standard InChI is InChI=1S/C11H22FNO/c1-8(2)11-6-13-10(7-14-11)5-4-9(3)12/h8-11,13H,4-7H2,1-3H3. The van der Waals surface area contributed by atoms with Crippen LogP contribution in [0.3, 0.4) is 0 Å². The minimum Gasteiger partial charge on any atom is -0.375 e. The molecule has 0 aromatic heterocycles. The van der Waals surface area contributed by atoms with Gasteiger partial charge in [0.15, 0.2) is 0 Å². The normalized spacial score (nSPS) is 30.6. The number of ether oxygens (including phenoxy) is 1. The largest absolute Gasteiger partial charge is 0.375 e. The summed E-state index contributed by atoms with van der Waals surface area (Å²) in [4.78, 5) is 0. The molecule has 3 unspecified atom stereocenters. The van der Waals surface area contributed by atoms with Gasteiger partial charge in [0, 0.05) is 12.6 Å². The first kappa shape index (κ1) is 11.9. The molecule has 1 N–H and O–H groups in total. The van der Waals surface area contributed by atoms with Crippen molar-refractivity contribution in [3.05, 3.63) is 0 Å². The van der Waals surface area contributed by atoms with Crippen LogP contribution in [0.2, 0.25) is 0 Å². The molecule has 0 aromatic carbocycles. The number of rotatable bonds is 4. The van der Waals surface area contributed by atoms with Crippen molar-refractivity contribution in [2.75, 3.05) is 13.2 Å². The lowest BCUT2D eigenvalue weighted by Gasteiger charge is -2.32. The SMILES string of the molecule is CC(F)CCC1COC(C(C)C)CN1. The highest BCUT2D eigenvalue weighted by Crippen LogP contribution is 2.13. The number of hydrogen-bond acceptors (Lipinski definition) is 2. The zero-order valence-corrected chi connectivity index (χ0v) is 9.42. The zero-order valence-electron chi connectivity index (χ0n) is 9.42. The summed E-state index contributed by atoms with van der Waals surface area (Å²) in [5, 5.41) is 3.41. The highest BCUT2D eigenvalue weighted by molar-refractivity contribution is 4.78. The van der Waals surface area contributed by atoms with E-state index in [-0.39, 0.29) is 0 Å². The Kier molecular flexibility index (Phi) is 4.82. The van der Waals surface area contributed by atoms with Crippen molar-refractivity contribution in [1.82, 2.24) is 5.32 Å². The molecule has 1 saturated heterocycles. The van der Waals surface area contributed by atoms with Crippen LogP contribution in [-0.4, -0.2) is 31.5 Å². The molecule has 1 aliphatic heterocycles. The van der Waals surface area contributed by atoms with Gasteiger partial charge in [-0.2, -0.15) is 0 Å². The summed E-state index contributed by atoms with van der Waals surface area (Å²) in [6, 6.07) is 0.350. The Balaban J connectivity index is 2.16. The molecule has 1 rings (SSSR count).